The van der Waals surface area contributed by atoms with Crippen molar-refractivity contribution in [2.75, 3.05) is 26.2 Å². The summed E-state index contributed by atoms with van der Waals surface area (Å²) in [5.41, 5.74) is 3.43. The average Bonchev–Trinajstić information content (AvgIpc) is 3.16. The highest BCUT2D eigenvalue weighted by molar-refractivity contribution is 6.30. The molecule has 29 heavy (non-hydrogen) atoms. The summed E-state index contributed by atoms with van der Waals surface area (Å²) in [6.07, 6.45) is 2.06. The Hall–Kier alpha value is -2.63. The third kappa shape index (κ3) is 5.68. The quantitative estimate of drug-likeness (QED) is 0.482. The highest BCUT2D eigenvalue weighted by Gasteiger charge is 2.16. The summed E-state index contributed by atoms with van der Waals surface area (Å²) in [6.45, 7) is 7.22. The van der Waals surface area contributed by atoms with Crippen LogP contribution in [0.2, 0.25) is 5.02 Å². The molecule has 0 amide bonds. The van der Waals surface area contributed by atoms with E-state index < -0.39 is 0 Å². The van der Waals surface area contributed by atoms with Crippen LogP contribution in [0.4, 0.5) is 0 Å². The van der Waals surface area contributed by atoms with Crippen LogP contribution in [0.15, 0.2) is 60.8 Å². The Bertz CT molecular complexity index is 919. The molecule has 152 valence electrons. The normalized spacial score (nSPS) is 11.0. The van der Waals surface area contributed by atoms with E-state index in [-0.39, 0.29) is 12.4 Å². The fourth-order valence-electron chi connectivity index (χ4n) is 3.14. The van der Waals surface area contributed by atoms with Crippen molar-refractivity contribution < 1.29 is 9.53 Å². The van der Waals surface area contributed by atoms with Gasteiger partial charge in [-0.15, -0.1) is 0 Å². The molecule has 0 radical (unpaired) electrons. The zero-order valence-corrected chi connectivity index (χ0v) is 17.6. The van der Waals surface area contributed by atoms with Crippen LogP contribution in [-0.4, -0.2) is 46.9 Å². The monoisotopic (exact) mass is 411 g/mol. The van der Waals surface area contributed by atoms with Gasteiger partial charge < -0.3 is 9.64 Å². The molecule has 0 aliphatic rings. The van der Waals surface area contributed by atoms with Gasteiger partial charge >= 0.3 is 5.97 Å². The van der Waals surface area contributed by atoms with Crippen molar-refractivity contribution in [2.45, 2.75) is 20.3 Å². The fourth-order valence-corrected chi connectivity index (χ4v) is 3.26. The van der Waals surface area contributed by atoms with Crippen molar-refractivity contribution in [3.05, 3.63) is 71.4 Å². The molecule has 0 saturated heterocycles. The topological polar surface area (TPSA) is 47.4 Å². The zero-order valence-electron chi connectivity index (χ0n) is 16.8. The molecule has 1 heterocycles. The number of halogens is 1. The molecule has 3 rings (SSSR count). The largest absolute Gasteiger partial charge is 0.464 e. The summed E-state index contributed by atoms with van der Waals surface area (Å²) in [5.74, 6) is -0.250. The first-order valence-electron chi connectivity index (χ1n) is 9.88. The Kier molecular flexibility index (Phi) is 7.44. The van der Waals surface area contributed by atoms with Crippen LogP contribution in [0.5, 0.6) is 0 Å². The van der Waals surface area contributed by atoms with E-state index in [0.29, 0.717) is 11.6 Å². The summed E-state index contributed by atoms with van der Waals surface area (Å²) >= 11 is 6.03. The van der Waals surface area contributed by atoms with E-state index in [0.717, 1.165) is 42.1 Å². The van der Waals surface area contributed by atoms with Crippen LogP contribution in [0, 0.1) is 0 Å². The molecule has 0 atom stereocenters. The maximum absolute atomic E-state index is 12.5. The third-order valence-corrected chi connectivity index (χ3v) is 5.08. The van der Waals surface area contributed by atoms with Gasteiger partial charge in [-0.25, -0.2) is 4.68 Å². The Morgan fingerprint density at radius 3 is 2.41 bits per heavy atom. The van der Waals surface area contributed by atoms with E-state index in [9.17, 15) is 4.79 Å². The number of hydrogen-bond acceptors (Lipinski definition) is 4. The van der Waals surface area contributed by atoms with Gasteiger partial charge in [0.05, 0.1) is 17.8 Å². The lowest BCUT2D eigenvalue weighted by atomic mass is 10.1. The number of aromatic nitrogens is 2. The van der Waals surface area contributed by atoms with Crippen molar-refractivity contribution in [1.82, 2.24) is 14.7 Å². The second-order valence-corrected chi connectivity index (χ2v) is 7.15. The van der Waals surface area contributed by atoms with Crippen LogP contribution in [-0.2, 0) is 16.0 Å². The molecule has 0 unspecified atom stereocenters. The number of carbonyl (C=O) groups excluding carboxylic acids is 1. The van der Waals surface area contributed by atoms with E-state index in [1.807, 2.05) is 60.8 Å². The molecule has 2 aromatic carbocycles. The van der Waals surface area contributed by atoms with Gasteiger partial charge in [0, 0.05) is 28.9 Å². The molecule has 0 bridgehead atoms. The van der Waals surface area contributed by atoms with Crippen molar-refractivity contribution in [2.24, 2.45) is 0 Å². The molecule has 0 N–H and O–H groups in total. The number of para-hydroxylation sites is 1. The SMILES string of the molecule is CCN(CC)CCOC(=O)Cc1cn(-c2ccccc2)nc1-c1ccc(Cl)cc1. The number of likely N-dealkylation sites (N-methyl/N-ethyl adjacent to an activating group) is 1. The van der Waals surface area contributed by atoms with Gasteiger partial charge in [-0.2, -0.15) is 5.10 Å². The van der Waals surface area contributed by atoms with Crippen LogP contribution >= 0.6 is 11.6 Å². The van der Waals surface area contributed by atoms with E-state index in [2.05, 4.69) is 18.7 Å². The molecule has 0 saturated carbocycles. The number of esters is 1. The second kappa shape index (κ2) is 10.2. The molecule has 0 aliphatic carbocycles. The fraction of sp³-hybridized carbons (Fsp3) is 0.304. The van der Waals surface area contributed by atoms with E-state index >= 15 is 0 Å². The van der Waals surface area contributed by atoms with Crippen LogP contribution < -0.4 is 0 Å². The Balaban J connectivity index is 1.79. The summed E-state index contributed by atoms with van der Waals surface area (Å²) in [6, 6.07) is 17.3. The average molecular weight is 412 g/mol. The van der Waals surface area contributed by atoms with Gasteiger partial charge in [-0.3, -0.25) is 4.79 Å². The molecular formula is C23H26ClN3O2. The minimum atomic E-state index is -0.250. The summed E-state index contributed by atoms with van der Waals surface area (Å²) < 4.78 is 7.26. The van der Waals surface area contributed by atoms with E-state index in [4.69, 9.17) is 21.4 Å². The predicted octanol–water partition coefficient (Wildman–Crippen LogP) is 4.62. The first-order chi connectivity index (χ1) is 14.1. The highest BCUT2D eigenvalue weighted by Crippen LogP contribution is 2.26. The van der Waals surface area contributed by atoms with Crippen molar-refractivity contribution in [3.63, 3.8) is 0 Å². The van der Waals surface area contributed by atoms with E-state index in [1.165, 1.54) is 0 Å². The molecule has 0 spiro atoms. The van der Waals surface area contributed by atoms with Gasteiger partial charge in [-0.1, -0.05) is 55.8 Å². The van der Waals surface area contributed by atoms with Gasteiger partial charge in [0.1, 0.15) is 6.61 Å². The maximum atomic E-state index is 12.5. The first-order valence-corrected chi connectivity index (χ1v) is 10.3. The number of carbonyl (C=O) groups is 1. The Morgan fingerprint density at radius 2 is 1.76 bits per heavy atom. The Labute approximate surface area is 176 Å². The van der Waals surface area contributed by atoms with Crippen molar-refractivity contribution in [3.8, 4) is 16.9 Å². The van der Waals surface area contributed by atoms with Crippen LogP contribution in [0.25, 0.3) is 16.9 Å². The summed E-state index contributed by atoms with van der Waals surface area (Å²) in [7, 11) is 0. The third-order valence-electron chi connectivity index (χ3n) is 4.83. The predicted molar refractivity (Wildman–Crippen MR) is 116 cm³/mol. The van der Waals surface area contributed by atoms with Crippen LogP contribution in [0.1, 0.15) is 19.4 Å². The number of hydrogen-bond donors (Lipinski definition) is 0. The van der Waals surface area contributed by atoms with Gasteiger partial charge in [0.2, 0.25) is 0 Å². The minimum Gasteiger partial charge on any atom is -0.464 e. The molecule has 6 heteroatoms. The zero-order chi connectivity index (χ0) is 20.6. The number of rotatable bonds is 9. The molecule has 3 aromatic rings. The second-order valence-electron chi connectivity index (χ2n) is 6.71. The number of ether oxygens (including phenoxy) is 1. The smallest absolute Gasteiger partial charge is 0.310 e. The molecular weight excluding hydrogens is 386 g/mol. The minimum absolute atomic E-state index is 0.170. The van der Waals surface area contributed by atoms with Gasteiger partial charge in [0.15, 0.2) is 0 Å². The van der Waals surface area contributed by atoms with Crippen LogP contribution in [0.3, 0.4) is 0 Å². The maximum Gasteiger partial charge on any atom is 0.310 e. The molecule has 1 aromatic heterocycles. The standard InChI is InChI=1S/C23H26ClN3O2/c1-3-26(4-2)14-15-29-22(28)16-19-17-27(21-8-6-5-7-9-21)25-23(19)18-10-12-20(24)13-11-18/h5-13,17H,3-4,14-16H2,1-2H3. The number of benzene rings is 2. The Morgan fingerprint density at radius 1 is 1.07 bits per heavy atom. The highest BCUT2D eigenvalue weighted by atomic mass is 35.5. The van der Waals surface area contributed by atoms with Gasteiger partial charge in [-0.05, 0) is 37.4 Å². The lowest BCUT2D eigenvalue weighted by Crippen LogP contribution is -2.28. The summed E-state index contributed by atoms with van der Waals surface area (Å²) in [4.78, 5) is 14.7. The molecule has 0 aliphatic heterocycles. The van der Waals surface area contributed by atoms with Gasteiger partial charge in [0.25, 0.3) is 0 Å². The van der Waals surface area contributed by atoms with E-state index in [1.54, 1.807) is 4.68 Å². The lowest BCUT2D eigenvalue weighted by molar-refractivity contribution is -0.143. The molecule has 0 fully saturated rings. The lowest BCUT2D eigenvalue weighted by Gasteiger charge is -2.17. The number of nitrogens with zero attached hydrogens (tertiary/aromatic N) is 3. The molecule has 5 nitrogen and oxygen atoms in total. The first kappa shape index (κ1) is 21.1. The van der Waals surface area contributed by atoms with Crippen molar-refractivity contribution >= 4 is 17.6 Å². The van der Waals surface area contributed by atoms with Crippen molar-refractivity contribution in [1.29, 1.82) is 0 Å². The summed E-state index contributed by atoms with van der Waals surface area (Å²) in [5, 5.41) is 5.39.